The molecule has 5 nitrogen and oxygen atoms in total. The molecule has 6 heteroatoms. The van der Waals surface area contributed by atoms with E-state index in [4.69, 9.17) is 16.3 Å². The number of hydrogen-bond donors (Lipinski definition) is 2. The van der Waals surface area contributed by atoms with Crippen LogP contribution in [0.4, 0.5) is 17.5 Å². The molecule has 0 bridgehead atoms. The topological polar surface area (TPSA) is 59.1 Å². The maximum Gasteiger partial charge on any atom is 0.229 e. The lowest BCUT2D eigenvalue weighted by Crippen LogP contribution is -2.05. The molecule has 3 rings (SSSR count). The number of ether oxygens (including phenoxy) is 1. The van der Waals surface area contributed by atoms with Gasteiger partial charge in [0.1, 0.15) is 11.6 Å². The Hall–Kier alpha value is -2.01. The molecule has 20 heavy (non-hydrogen) atoms. The summed E-state index contributed by atoms with van der Waals surface area (Å²) in [7, 11) is 1.61. The number of benzene rings is 1. The second kappa shape index (κ2) is 5.54. The normalized spacial score (nSPS) is 13.9. The van der Waals surface area contributed by atoms with E-state index in [1.54, 1.807) is 31.5 Å². The molecule has 2 aromatic rings. The van der Waals surface area contributed by atoms with E-state index in [9.17, 15) is 0 Å². The van der Waals surface area contributed by atoms with Crippen LogP contribution in [0.2, 0.25) is 5.02 Å². The molecule has 1 aromatic heterocycles. The Morgan fingerprint density at radius 3 is 2.90 bits per heavy atom. The number of hydrogen-bond acceptors (Lipinski definition) is 5. The first-order chi connectivity index (χ1) is 9.74. The zero-order valence-electron chi connectivity index (χ0n) is 11.1. The second-order valence-electron chi connectivity index (χ2n) is 4.65. The van der Waals surface area contributed by atoms with Crippen molar-refractivity contribution in [1.29, 1.82) is 0 Å². The fraction of sp³-hybridized carbons (Fsp3) is 0.286. The van der Waals surface area contributed by atoms with E-state index in [2.05, 4.69) is 20.6 Å². The summed E-state index contributed by atoms with van der Waals surface area (Å²) in [6, 6.07) is 7.77. The quantitative estimate of drug-likeness (QED) is 0.883. The van der Waals surface area contributed by atoms with Crippen molar-refractivity contribution >= 4 is 29.1 Å². The number of anilines is 3. The molecule has 0 radical (unpaired) electrons. The van der Waals surface area contributed by atoms with Gasteiger partial charge in [0.2, 0.25) is 5.95 Å². The Balaban J connectivity index is 1.81. The van der Waals surface area contributed by atoms with Gasteiger partial charge in [-0.15, -0.1) is 0 Å². The van der Waals surface area contributed by atoms with E-state index >= 15 is 0 Å². The van der Waals surface area contributed by atoms with Crippen molar-refractivity contribution in [3.05, 3.63) is 35.5 Å². The Labute approximate surface area is 122 Å². The Bertz CT molecular complexity index is 616. The summed E-state index contributed by atoms with van der Waals surface area (Å²) in [5, 5.41) is 7.09. The predicted molar refractivity (Wildman–Crippen MR) is 80.0 cm³/mol. The van der Waals surface area contributed by atoms with Gasteiger partial charge in [-0.25, -0.2) is 4.98 Å². The summed E-state index contributed by atoms with van der Waals surface area (Å²) >= 11 is 6.00. The van der Waals surface area contributed by atoms with Crippen LogP contribution in [0.5, 0.6) is 5.75 Å². The minimum atomic E-state index is 0.510. The van der Waals surface area contributed by atoms with Gasteiger partial charge in [-0.3, -0.25) is 0 Å². The summed E-state index contributed by atoms with van der Waals surface area (Å²) in [5.74, 6) is 2.03. The van der Waals surface area contributed by atoms with Crippen molar-refractivity contribution in [3.8, 4) is 5.75 Å². The van der Waals surface area contributed by atoms with E-state index in [0.29, 0.717) is 22.8 Å². The minimum Gasteiger partial charge on any atom is -0.495 e. The lowest BCUT2D eigenvalue weighted by molar-refractivity contribution is 0.417. The molecule has 1 saturated carbocycles. The molecule has 1 aliphatic rings. The summed E-state index contributed by atoms with van der Waals surface area (Å²) in [6.45, 7) is 0. The highest BCUT2D eigenvalue weighted by atomic mass is 35.5. The van der Waals surface area contributed by atoms with Crippen LogP contribution in [0.3, 0.4) is 0 Å². The van der Waals surface area contributed by atoms with Gasteiger partial charge in [-0.05, 0) is 37.1 Å². The molecule has 0 saturated heterocycles. The van der Waals surface area contributed by atoms with Crippen LogP contribution in [0.15, 0.2) is 30.5 Å². The largest absolute Gasteiger partial charge is 0.495 e. The Kier molecular flexibility index (Phi) is 3.60. The standard InChI is InChI=1S/C14H15ClN4O/c1-20-12-5-2-9(15)8-11(12)18-14-16-7-6-13(19-14)17-10-3-4-10/h2,5-8,10H,3-4H2,1H3,(H2,16,17,18,19). The fourth-order valence-electron chi connectivity index (χ4n) is 1.83. The van der Waals surface area contributed by atoms with Crippen LogP contribution >= 0.6 is 11.6 Å². The molecule has 0 spiro atoms. The first-order valence-corrected chi connectivity index (χ1v) is 6.82. The number of halogens is 1. The highest BCUT2D eigenvalue weighted by Crippen LogP contribution is 2.30. The van der Waals surface area contributed by atoms with Crippen LogP contribution < -0.4 is 15.4 Å². The molecular formula is C14H15ClN4O. The Morgan fingerprint density at radius 1 is 1.30 bits per heavy atom. The zero-order chi connectivity index (χ0) is 13.9. The van der Waals surface area contributed by atoms with Crippen LogP contribution in [0, 0.1) is 0 Å². The van der Waals surface area contributed by atoms with Gasteiger partial charge in [-0.1, -0.05) is 11.6 Å². The number of nitrogens with one attached hydrogen (secondary N) is 2. The Morgan fingerprint density at radius 2 is 2.15 bits per heavy atom. The highest BCUT2D eigenvalue weighted by molar-refractivity contribution is 6.30. The minimum absolute atomic E-state index is 0.510. The molecular weight excluding hydrogens is 276 g/mol. The van der Waals surface area contributed by atoms with Crippen LogP contribution in [-0.4, -0.2) is 23.1 Å². The number of rotatable bonds is 5. The van der Waals surface area contributed by atoms with Crippen molar-refractivity contribution < 1.29 is 4.74 Å². The summed E-state index contributed by atoms with van der Waals surface area (Å²) < 4.78 is 5.29. The van der Waals surface area contributed by atoms with Crippen molar-refractivity contribution in [2.45, 2.75) is 18.9 Å². The maximum atomic E-state index is 6.00. The van der Waals surface area contributed by atoms with Crippen LogP contribution in [0.1, 0.15) is 12.8 Å². The number of nitrogens with zero attached hydrogens (tertiary/aromatic N) is 2. The van der Waals surface area contributed by atoms with Crippen molar-refractivity contribution in [1.82, 2.24) is 9.97 Å². The molecule has 0 aliphatic heterocycles. The summed E-state index contributed by atoms with van der Waals surface area (Å²) in [5.41, 5.74) is 0.739. The molecule has 1 fully saturated rings. The summed E-state index contributed by atoms with van der Waals surface area (Å²) in [6.07, 6.45) is 4.13. The van der Waals surface area contributed by atoms with E-state index in [1.807, 2.05) is 6.07 Å². The van der Waals surface area contributed by atoms with E-state index in [1.165, 1.54) is 12.8 Å². The van der Waals surface area contributed by atoms with Crippen LogP contribution in [0.25, 0.3) is 0 Å². The first-order valence-electron chi connectivity index (χ1n) is 6.45. The lowest BCUT2D eigenvalue weighted by Gasteiger charge is -2.11. The SMILES string of the molecule is COc1ccc(Cl)cc1Nc1nccc(NC2CC2)n1. The first kappa shape index (κ1) is 13.0. The molecule has 1 heterocycles. The van der Waals surface area contributed by atoms with E-state index < -0.39 is 0 Å². The molecule has 0 unspecified atom stereocenters. The predicted octanol–water partition coefficient (Wildman–Crippen LogP) is 3.46. The molecule has 0 amide bonds. The number of methoxy groups -OCH3 is 1. The molecule has 0 atom stereocenters. The maximum absolute atomic E-state index is 6.00. The van der Waals surface area contributed by atoms with Crippen molar-refractivity contribution in [3.63, 3.8) is 0 Å². The van der Waals surface area contributed by atoms with E-state index in [0.717, 1.165) is 11.5 Å². The number of aromatic nitrogens is 2. The van der Waals surface area contributed by atoms with Crippen molar-refractivity contribution in [2.75, 3.05) is 17.7 Å². The average molecular weight is 291 g/mol. The smallest absolute Gasteiger partial charge is 0.229 e. The molecule has 2 N–H and O–H groups in total. The van der Waals surface area contributed by atoms with Crippen molar-refractivity contribution in [2.24, 2.45) is 0 Å². The third-order valence-electron chi connectivity index (χ3n) is 2.99. The molecule has 104 valence electrons. The van der Waals surface area contributed by atoms with Gasteiger partial charge in [-0.2, -0.15) is 4.98 Å². The van der Waals surface area contributed by atoms with Gasteiger partial charge in [0.15, 0.2) is 0 Å². The third-order valence-corrected chi connectivity index (χ3v) is 3.23. The molecule has 1 aromatic carbocycles. The lowest BCUT2D eigenvalue weighted by atomic mass is 10.3. The van der Waals surface area contributed by atoms with Crippen LogP contribution in [-0.2, 0) is 0 Å². The summed E-state index contributed by atoms with van der Waals surface area (Å²) in [4.78, 5) is 8.63. The van der Waals surface area contributed by atoms with Gasteiger partial charge >= 0.3 is 0 Å². The highest BCUT2D eigenvalue weighted by Gasteiger charge is 2.21. The van der Waals surface area contributed by atoms with Gasteiger partial charge in [0, 0.05) is 17.3 Å². The molecule has 1 aliphatic carbocycles. The fourth-order valence-corrected chi connectivity index (χ4v) is 2.01. The van der Waals surface area contributed by atoms with E-state index in [-0.39, 0.29) is 0 Å². The average Bonchev–Trinajstić information content (AvgIpc) is 3.23. The van der Waals surface area contributed by atoms with Gasteiger partial charge in [0.05, 0.1) is 12.8 Å². The monoisotopic (exact) mass is 290 g/mol. The zero-order valence-corrected chi connectivity index (χ0v) is 11.8. The van der Waals surface area contributed by atoms with Gasteiger partial charge in [0.25, 0.3) is 0 Å². The second-order valence-corrected chi connectivity index (χ2v) is 5.09. The van der Waals surface area contributed by atoms with Gasteiger partial charge < -0.3 is 15.4 Å². The third kappa shape index (κ3) is 3.11.